The van der Waals surface area contributed by atoms with Gasteiger partial charge in [0.05, 0.1) is 23.2 Å². The molecule has 1 atom stereocenters. The van der Waals surface area contributed by atoms with E-state index in [1.54, 1.807) is 30.3 Å². The number of hydrogen-bond acceptors (Lipinski definition) is 9. The average Bonchev–Trinajstić information content (AvgIpc) is 3.35. The number of hydrogen-bond donors (Lipinski definition) is 4. The third-order valence-electron chi connectivity index (χ3n) is 5.79. The fourth-order valence-electron chi connectivity index (χ4n) is 3.92. The van der Waals surface area contributed by atoms with Crippen molar-refractivity contribution in [3.8, 4) is 5.75 Å². The maximum Gasteiger partial charge on any atom is 0.469 e. The molecular formula is C26H24ClFN5O6P. The van der Waals surface area contributed by atoms with E-state index in [4.69, 9.17) is 30.9 Å². The van der Waals surface area contributed by atoms with Gasteiger partial charge in [0.1, 0.15) is 36.9 Å². The van der Waals surface area contributed by atoms with Gasteiger partial charge in [0, 0.05) is 16.8 Å². The first-order chi connectivity index (χ1) is 19.2. The Bertz CT molecular complexity index is 1600. The van der Waals surface area contributed by atoms with Crippen LogP contribution in [0.2, 0.25) is 5.02 Å². The highest BCUT2D eigenvalue weighted by atomic mass is 35.5. The molecule has 5 rings (SSSR count). The monoisotopic (exact) mass is 587 g/mol. The van der Waals surface area contributed by atoms with Gasteiger partial charge in [-0.05, 0) is 60.5 Å². The number of benzene rings is 3. The summed E-state index contributed by atoms with van der Waals surface area (Å²) in [4.78, 5) is 30.7. The van der Waals surface area contributed by atoms with Gasteiger partial charge in [0.25, 0.3) is 6.02 Å². The van der Waals surface area contributed by atoms with Crippen LogP contribution in [0.1, 0.15) is 12.0 Å². The number of phosphoric acid groups is 1. The Morgan fingerprint density at radius 2 is 1.90 bits per heavy atom. The number of aliphatic imine (C=N–C) groups is 1. The Hall–Kier alpha value is -3.80. The summed E-state index contributed by atoms with van der Waals surface area (Å²) in [5, 5.41) is 7.45. The maximum atomic E-state index is 13.4. The molecule has 0 aliphatic carbocycles. The lowest BCUT2D eigenvalue weighted by Crippen LogP contribution is -2.12. The van der Waals surface area contributed by atoms with Crippen molar-refractivity contribution < 1.29 is 32.7 Å². The minimum atomic E-state index is -4.52. The van der Waals surface area contributed by atoms with E-state index in [-0.39, 0.29) is 37.7 Å². The third kappa shape index (κ3) is 7.44. The summed E-state index contributed by atoms with van der Waals surface area (Å²) in [5.41, 5.74) is 2.74. The van der Waals surface area contributed by atoms with E-state index in [1.807, 2.05) is 18.2 Å². The molecule has 0 saturated heterocycles. The first-order valence-electron chi connectivity index (χ1n) is 12.1. The quantitative estimate of drug-likeness (QED) is 0.177. The van der Waals surface area contributed by atoms with E-state index < -0.39 is 7.82 Å². The van der Waals surface area contributed by atoms with Crippen LogP contribution in [0.25, 0.3) is 10.9 Å². The van der Waals surface area contributed by atoms with Crippen molar-refractivity contribution in [3.05, 3.63) is 83.4 Å². The minimum Gasteiger partial charge on any atom is -0.487 e. The highest BCUT2D eigenvalue weighted by Crippen LogP contribution is 2.36. The number of rotatable bonds is 10. The fraction of sp³-hybridized carbons (Fsp3) is 0.192. The fourth-order valence-corrected chi connectivity index (χ4v) is 4.50. The molecule has 0 bridgehead atoms. The maximum absolute atomic E-state index is 13.4. The molecule has 0 radical (unpaired) electrons. The Kier molecular flexibility index (Phi) is 8.43. The van der Waals surface area contributed by atoms with E-state index in [2.05, 4.69) is 30.1 Å². The molecule has 1 aromatic heterocycles. The van der Waals surface area contributed by atoms with E-state index in [0.717, 1.165) is 5.39 Å². The highest BCUT2D eigenvalue weighted by molar-refractivity contribution is 7.46. The second-order valence-electron chi connectivity index (χ2n) is 8.78. The van der Waals surface area contributed by atoms with Crippen LogP contribution in [0.5, 0.6) is 5.75 Å². The van der Waals surface area contributed by atoms with E-state index in [1.165, 1.54) is 18.5 Å². The van der Waals surface area contributed by atoms with E-state index in [0.29, 0.717) is 45.5 Å². The second-order valence-corrected chi connectivity index (χ2v) is 10.4. The van der Waals surface area contributed by atoms with Crippen LogP contribution in [-0.4, -0.2) is 45.0 Å². The summed E-state index contributed by atoms with van der Waals surface area (Å²) < 4.78 is 40.0. The Morgan fingerprint density at radius 1 is 1.07 bits per heavy atom. The van der Waals surface area contributed by atoms with E-state index in [9.17, 15) is 8.96 Å². The van der Waals surface area contributed by atoms with Crippen molar-refractivity contribution in [2.45, 2.75) is 19.1 Å². The second kappa shape index (κ2) is 12.2. The summed E-state index contributed by atoms with van der Waals surface area (Å²) in [6.45, 7) is 0.300. The standard InChI is InChI=1S/C26H24ClFN5O6P/c27-22-12-19(5-7-24(22)37-13-16-2-1-3-17(28)10-16)31-25-21-11-18(4-6-23(21)29-15-30-25)32-26-33-20(14-38-26)8-9-39-40(34,35)36/h1-7,10-12,15,20H,8-9,13-14H2,(H,32,33)(H,29,30,31)(H2,34,35,36)/t20-/m0/s1. The molecule has 3 aromatic carbocycles. The van der Waals surface area contributed by atoms with Gasteiger partial charge in [-0.1, -0.05) is 23.7 Å². The van der Waals surface area contributed by atoms with Crippen molar-refractivity contribution in [1.82, 2.24) is 9.97 Å². The zero-order valence-corrected chi connectivity index (χ0v) is 22.5. The van der Waals surface area contributed by atoms with Crippen LogP contribution in [0.4, 0.5) is 21.6 Å². The number of anilines is 3. The summed E-state index contributed by atoms with van der Waals surface area (Å²) in [7, 11) is -4.52. The van der Waals surface area contributed by atoms with Gasteiger partial charge in [-0.15, -0.1) is 0 Å². The van der Waals surface area contributed by atoms with Gasteiger partial charge in [-0.3, -0.25) is 4.52 Å². The zero-order chi connectivity index (χ0) is 28.1. The molecule has 208 valence electrons. The Morgan fingerprint density at radius 3 is 2.70 bits per heavy atom. The number of aromatic nitrogens is 2. The number of halogens is 2. The Balaban J connectivity index is 1.25. The van der Waals surface area contributed by atoms with Gasteiger partial charge in [-0.25, -0.2) is 23.9 Å². The molecule has 40 heavy (non-hydrogen) atoms. The molecule has 4 aromatic rings. The SMILES string of the molecule is O=P(O)(O)OCC[C@H]1COC(Nc2ccc3ncnc(Nc4ccc(OCc5cccc(F)c5)c(Cl)c4)c3c2)=N1. The lowest BCUT2D eigenvalue weighted by Gasteiger charge is -2.13. The van der Waals surface area contributed by atoms with Gasteiger partial charge < -0.3 is 29.9 Å². The normalized spacial score (nSPS) is 15.0. The molecule has 0 fully saturated rings. The van der Waals surface area contributed by atoms with Crippen molar-refractivity contribution in [1.29, 1.82) is 0 Å². The summed E-state index contributed by atoms with van der Waals surface area (Å²) >= 11 is 6.44. The van der Waals surface area contributed by atoms with Crippen molar-refractivity contribution in [2.75, 3.05) is 23.8 Å². The first kappa shape index (κ1) is 27.8. The predicted molar refractivity (Wildman–Crippen MR) is 148 cm³/mol. The van der Waals surface area contributed by atoms with Gasteiger partial charge in [0.15, 0.2) is 0 Å². The molecular weight excluding hydrogens is 564 g/mol. The topological polar surface area (TPSA) is 147 Å². The van der Waals surface area contributed by atoms with Crippen molar-refractivity contribution >= 4 is 53.5 Å². The van der Waals surface area contributed by atoms with Crippen LogP contribution in [0.15, 0.2) is 72.0 Å². The van der Waals surface area contributed by atoms with Crippen molar-refractivity contribution in [3.63, 3.8) is 0 Å². The minimum absolute atomic E-state index is 0.137. The number of amidine groups is 1. The zero-order valence-electron chi connectivity index (χ0n) is 20.8. The molecule has 2 heterocycles. The number of ether oxygens (including phenoxy) is 2. The predicted octanol–water partition coefficient (Wildman–Crippen LogP) is 5.41. The number of fused-ring (bicyclic) bond motifs is 1. The molecule has 0 amide bonds. The summed E-state index contributed by atoms with van der Waals surface area (Å²) in [5.74, 6) is 0.667. The highest BCUT2D eigenvalue weighted by Gasteiger charge is 2.21. The smallest absolute Gasteiger partial charge is 0.469 e. The molecule has 1 aliphatic heterocycles. The van der Waals surface area contributed by atoms with Crippen LogP contribution < -0.4 is 15.4 Å². The van der Waals surface area contributed by atoms with Gasteiger partial charge in [0.2, 0.25) is 0 Å². The Labute approximate surface area is 233 Å². The van der Waals surface area contributed by atoms with Crippen molar-refractivity contribution in [2.24, 2.45) is 4.99 Å². The number of nitrogens with zero attached hydrogens (tertiary/aromatic N) is 3. The average molecular weight is 588 g/mol. The van der Waals surface area contributed by atoms with Gasteiger partial charge in [-0.2, -0.15) is 0 Å². The molecule has 0 spiro atoms. The molecule has 1 aliphatic rings. The molecule has 11 nitrogen and oxygen atoms in total. The van der Waals surface area contributed by atoms with Gasteiger partial charge >= 0.3 is 7.82 Å². The molecule has 0 unspecified atom stereocenters. The third-order valence-corrected chi connectivity index (χ3v) is 6.60. The molecule has 14 heteroatoms. The van der Waals surface area contributed by atoms with Crippen LogP contribution in [-0.2, 0) is 20.4 Å². The lowest BCUT2D eigenvalue weighted by atomic mass is 10.2. The summed E-state index contributed by atoms with van der Waals surface area (Å²) in [6.07, 6.45) is 1.75. The first-order valence-corrected chi connectivity index (χ1v) is 14.0. The molecule has 0 saturated carbocycles. The van der Waals surface area contributed by atoms with Crippen LogP contribution in [0, 0.1) is 5.82 Å². The number of nitrogens with one attached hydrogen (secondary N) is 2. The molecule has 4 N–H and O–H groups in total. The van der Waals surface area contributed by atoms with E-state index >= 15 is 0 Å². The largest absolute Gasteiger partial charge is 0.487 e. The lowest BCUT2D eigenvalue weighted by molar-refractivity contribution is 0.186. The summed E-state index contributed by atoms with van der Waals surface area (Å²) in [6, 6.07) is 16.9. The number of phosphoric ester groups is 1. The van der Waals surface area contributed by atoms with Crippen LogP contribution >= 0.6 is 19.4 Å². The van der Waals surface area contributed by atoms with Crippen LogP contribution in [0.3, 0.4) is 0 Å².